The summed E-state index contributed by atoms with van der Waals surface area (Å²) in [6, 6.07) is 5.48. The van der Waals surface area contributed by atoms with Crippen LogP contribution in [-0.2, 0) is 22.3 Å². The van der Waals surface area contributed by atoms with E-state index in [4.69, 9.17) is 4.74 Å². The number of hydrogen-bond acceptors (Lipinski definition) is 4. The van der Waals surface area contributed by atoms with E-state index in [1.165, 1.54) is 12.1 Å². The van der Waals surface area contributed by atoms with Gasteiger partial charge in [0.05, 0.1) is 18.2 Å². The average molecular weight is 385 g/mol. The van der Waals surface area contributed by atoms with Crippen LogP contribution in [0.3, 0.4) is 0 Å². The van der Waals surface area contributed by atoms with E-state index in [9.17, 15) is 18.0 Å². The molecule has 2 heterocycles. The van der Waals surface area contributed by atoms with E-state index in [1.807, 2.05) is 0 Å². The summed E-state index contributed by atoms with van der Waals surface area (Å²) in [5.74, 6) is -0.00294. The lowest BCUT2D eigenvalue weighted by molar-refractivity contribution is -0.137. The molecule has 0 spiro atoms. The number of nitrogens with zero attached hydrogens (tertiary/aromatic N) is 2. The maximum absolute atomic E-state index is 12.8. The molecule has 0 aromatic heterocycles. The zero-order chi connectivity index (χ0) is 19.3. The molecule has 0 radical (unpaired) electrons. The Balaban J connectivity index is 1.39. The third-order valence-electron chi connectivity index (χ3n) is 5.04. The van der Waals surface area contributed by atoms with Gasteiger partial charge in [-0.25, -0.2) is 0 Å². The van der Waals surface area contributed by atoms with Gasteiger partial charge in [-0.15, -0.1) is 0 Å². The average Bonchev–Trinajstić information content (AvgIpc) is 3.15. The number of ether oxygens (including phenoxy) is 1. The molecule has 1 N–H and O–H groups in total. The Bertz CT molecular complexity index is 625. The zero-order valence-electron chi connectivity index (χ0n) is 15.3. The van der Waals surface area contributed by atoms with Crippen molar-refractivity contribution in [3.63, 3.8) is 0 Å². The van der Waals surface area contributed by atoms with Crippen LogP contribution in [0, 0.1) is 0 Å². The summed E-state index contributed by atoms with van der Waals surface area (Å²) >= 11 is 0. The molecule has 2 aliphatic heterocycles. The van der Waals surface area contributed by atoms with E-state index in [-0.39, 0.29) is 12.0 Å². The molecular formula is C19H26F3N3O2. The number of piperazine rings is 1. The van der Waals surface area contributed by atoms with Gasteiger partial charge in [-0.05, 0) is 24.5 Å². The molecule has 8 heteroatoms. The van der Waals surface area contributed by atoms with Gasteiger partial charge in [0.2, 0.25) is 5.91 Å². The second-order valence-electron chi connectivity index (χ2n) is 7.19. The Hall–Kier alpha value is -1.64. The summed E-state index contributed by atoms with van der Waals surface area (Å²) in [6.45, 7) is 5.10. The van der Waals surface area contributed by atoms with E-state index in [2.05, 4.69) is 15.1 Å². The van der Waals surface area contributed by atoms with Crippen LogP contribution < -0.4 is 5.32 Å². The first-order valence-electron chi connectivity index (χ1n) is 9.39. The van der Waals surface area contributed by atoms with Crippen molar-refractivity contribution in [2.24, 2.45) is 0 Å². The molecule has 2 fully saturated rings. The fourth-order valence-corrected chi connectivity index (χ4v) is 3.50. The number of alkyl halides is 3. The highest BCUT2D eigenvalue weighted by atomic mass is 19.4. The van der Waals surface area contributed by atoms with Gasteiger partial charge >= 0.3 is 6.18 Å². The summed E-state index contributed by atoms with van der Waals surface area (Å²) in [7, 11) is 0. The fraction of sp³-hybridized carbons (Fsp3) is 0.632. The van der Waals surface area contributed by atoms with Gasteiger partial charge in [-0.3, -0.25) is 14.6 Å². The Kier molecular flexibility index (Phi) is 6.73. The monoisotopic (exact) mass is 385 g/mol. The molecule has 0 aliphatic carbocycles. The predicted molar refractivity (Wildman–Crippen MR) is 95.1 cm³/mol. The molecule has 5 nitrogen and oxygen atoms in total. The molecule has 150 valence electrons. The molecule has 2 aliphatic rings. The van der Waals surface area contributed by atoms with Crippen LogP contribution in [0.1, 0.15) is 24.0 Å². The fourth-order valence-electron chi connectivity index (χ4n) is 3.50. The van der Waals surface area contributed by atoms with Crippen molar-refractivity contribution in [3.8, 4) is 0 Å². The standard InChI is InChI=1S/C19H26F3N3O2/c20-19(21,22)16-4-1-3-15(11-16)13-24-6-8-25(9-7-24)14-18(26)23-12-17-5-2-10-27-17/h1,3-4,11,17H,2,5-10,12-14H2,(H,23,26). The predicted octanol–water partition coefficient (Wildman–Crippen LogP) is 2.12. The first-order chi connectivity index (χ1) is 12.9. The van der Waals surface area contributed by atoms with Crippen molar-refractivity contribution in [1.82, 2.24) is 15.1 Å². The third-order valence-corrected chi connectivity index (χ3v) is 5.04. The maximum Gasteiger partial charge on any atom is 0.416 e. The summed E-state index contributed by atoms with van der Waals surface area (Å²) < 4.78 is 43.9. The van der Waals surface area contributed by atoms with Gasteiger partial charge in [0, 0.05) is 45.9 Å². The Labute approximate surface area is 157 Å². The summed E-state index contributed by atoms with van der Waals surface area (Å²) in [5.41, 5.74) is 0.0501. The number of carbonyl (C=O) groups is 1. The van der Waals surface area contributed by atoms with Crippen LogP contribution in [-0.4, -0.2) is 67.7 Å². The molecule has 0 saturated carbocycles. The van der Waals surface area contributed by atoms with Crippen molar-refractivity contribution in [2.75, 3.05) is 45.9 Å². The van der Waals surface area contributed by atoms with Crippen LogP contribution in [0.5, 0.6) is 0 Å². The lowest BCUT2D eigenvalue weighted by Crippen LogP contribution is -2.49. The minimum Gasteiger partial charge on any atom is -0.376 e. The molecule has 1 aromatic rings. The van der Waals surface area contributed by atoms with Crippen molar-refractivity contribution in [3.05, 3.63) is 35.4 Å². The molecule has 1 unspecified atom stereocenters. The first-order valence-corrected chi connectivity index (χ1v) is 9.39. The van der Waals surface area contributed by atoms with E-state index in [0.29, 0.717) is 25.2 Å². The SMILES string of the molecule is O=C(CN1CCN(Cc2cccc(C(F)(F)F)c2)CC1)NCC1CCCO1. The number of hydrogen-bond donors (Lipinski definition) is 1. The maximum atomic E-state index is 12.8. The quantitative estimate of drug-likeness (QED) is 0.815. The van der Waals surface area contributed by atoms with Crippen molar-refractivity contribution < 1.29 is 22.7 Å². The van der Waals surface area contributed by atoms with E-state index in [0.717, 1.165) is 51.7 Å². The number of amides is 1. The lowest BCUT2D eigenvalue weighted by atomic mass is 10.1. The highest BCUT2D eigenvalue weighted by Gasteiger charge is 2.30. The summed E-state index contributed by atoms with van der Waals surface area (Å²) in [5, 5.41) is 2.92. The van der Waals surface area contributed by atoms with Gasteiger partial charge in [0.25, 0.3) is 0 Å². The summed E-state index contributed by atoms with van der Waals surface area (Å²) in [6.07, 6.45) is -2.13. The van der Waals surface area contributed by atoms with Crippen molar-refractivity contribution in [2.45, 2.75) is 31.7 Å². The smallest absolute Gasteiger partial charge is 0.376 e. The highest BCUT2D eigenvalue weighted by molar-refractivity contribution is 5.78. The van der Waals surface area contributed by atoms with Crippen LogP contribution >= 0.6 is 0 Å². The molecule has 27 heavy (non-hydrogen) atoms. The molecule has 0 bridgehead atoms. The zero-order valence-corrected chi connectivity index (χ0v) is 15.3. The molecule has 3 rings (SSSR count). The minimum absolute atomic E-state index is 0.00294. The van der Waals surface area contributed by atoms with Gasteiger partial charge in [-0.2, -0.15) is 13.2 Å². The van der Waals surface area contributed by atoms with E-state index >= 15 is 0 Å². The summed E-state index contributed by atoms with van der Waals surface area (Å²) in [4.78, 5) is 16.2. The van der Waals surface area contributed by atoms with Crippen LogP contribution in [0.4, 0.5) is 13.2 Å². The van der Waals surface area contributed by atoms with Crippen molar-refractivity contribution >= 4 is 5.91 Å². The largest absolute Gasteiger partial charge is 0.416 e. The molecule has 2 saturated heterocycles. The Morgan fingerprint density at radius 3 is 2.59 bits per heavy atom. The number of nitrogens with one attached hydrogen (secondary N) is 1. The normalized spacial score (nSPS) is 22.1. The molecule has 1 aromatic carbocycles. The van der Waals surface area contributed by atoms with Crippen LogP contribution in [0.15, 0.2) is 24.3 Å². The number of halogens is 3. The minimum atomic E-state index is -4.31. The Morgan fingerprint density at radius 1 is 1.19 bits per heavy atom. The second-order valence-corrected chi connectivity index (χ2v) is 7.19. The van der Waals surface area contributed by atoms with E-state index < -0.39 is 11.7 Å². The number of benzene rings is 1. The van der Waals surface area contributed by atoms with Crippen molar-refractivity contribution in [1.29, 1.82) is 0 Å². The Morgan fingerprint density at radius 2 is 1.93 bits per heavy atom. The van der Waals surface area contributed by atoms with Crippen LogP contribution in [0.25, 0.3) is 0 Å². The third kappa shape index (κ3) is 6.19. The molecular weight excluding hydrogens is 359 g/mol. The molecule has 1 atom stereocenters. The second kappa shape index (κ2) is 9.03. The van der Waals surface area contributed by atoms with Gasteiger partial charge < -0.3 is 10.1 Å². The highest BCUT2D eigenvalue weighted by Crippen LogP contribution is 2.29. The van der Waals surface area contributed by atoms with E-state index in [1.54, 1.807) is 6.07 Å². The number of carbonyl (C=O) groups excluding carboxylic acids is 1. The lowest BCUT2D eigenvalue weighted by Gasteiger charge is -2.34. The molecule has 1 amide bonds. The number of rotatable bonds is 6. The van der Waals surface area contributed by atoms with Gasteiger partial charge in [-0.1, -0.05) is 18.2 Å². The van der Waals surface area contributed by atoms with Gasteiger partial charge in [0.15, 0.2) is 0 Å². The van der Waals surface area contributed by atoms with Gasteiger partial charge in [0.1, 0.15) is 0 Å². The van der Waals surface area contributed by atoms with Crippen LogP contribution in [0.2, 0.25) is 0 Å². The first kappa shape index (κ1) is 20.1. The topological polar surface area (TPSA) is 44.8 Å².